The molecule has 3 aliphatic rings. The molecule has 5 rings (SSSR count). The van der Waals surface area contributed by atoms with Crippen LogP contribution in [0.4, 0.5) is 0 Å². The van der Waals surface area contributed by atoms with Crippen molar-refractivity contribution in [2.75, 3.05) is 0 Å². The van der Waals surface area contributed by atoms with Crippen LogP contribution < -0.4 is 0 Å². The molecule has 124 valence electrons. The van der Waals surface area contributed by atoms with E-state index >= 15 is 0 Å². The summed E-state index contributed by atoms with van der Waals surface area (Å²) < 4.78 is 0. The Morgan fingerprint density at radius 2 is 1.54 bits per heavy atom. The lowest BCUT2D eigenvalue weighted by Gasteiger charge is -2.39. The second-order valence-electron chi connectivity index (χ2n) is 6.96. The van der Waals surface area contributed by atoms with E-state index in [1.54, 1.807) is 0 Å². The third-order valence-electron chi connectivity index (χ3n) is 5.75. The van der Waals surface area contributed by atoms with Gasteiger partial charge < -0.3 is 0 Å². The zero-order valence-electron chi connectivity index (χ0n) is 13.3. The number of hydrogen-bond donors (Lipinski definition) is 0. The van der Waals surface area contributed by atoms with E-state index in [1.807, 2.05) is 48.5 Å². The summed E-state index contributed by atoms with van der Waals surface area (Å²) in [6, 6.07) is 20.0. The van der Waals surface area contributed by atoms with Crippen LogP contribution in [0.1, 0.15) is 36.7 Å². The first kappa shape index (κ1) is 14.6. The van der Waals surface area contributed by atoms with Crippen molar-refractivity contribution in [3.8, 4) is 0 Å². The highest BCUT2D eigenvalue weighted by Crippen LogP contribution is 2.60. The quantitative estimate of drug-likeness (QED) is 0.772. The molecule has 0 radical (unpaired) electrons. The van der Waals surface area contributed by atoms with Gasteiger partial charge in [-0.05, 0) is 36.7 Å². The first-order chi connectivity index (χ1) is 11.9. The van der Waals surface area contributed by atoms with Crippen LogP contribution in [0.25, 0.3) is 0 Å². The van der Waals surface area contributed by atoms with Crippen molar-refractivity contribution in [1.29, 1.82) is 0 Å². The standard InChI is InChI=1S/C20H20O4/c1-3-7-14(8-4-1)19-22-21-18-15-11-12-17(13-15)20(18,24-23-19)16-9-5-2-6-10-16/h1-10,15,17-19H,11-13H2/t15-,17+,18+,19?,20-/m0/s1. The van der Waals surface area contributed by atoms with E-state index in [0.717, 1.165) is 30.4 Å². The van der Waals surface area contributed by atoms with Gasteiger partial charge in [0.15, 0.2) is 5.60 Å². The lowest BCUT2D eigenvalue weighted by Crippen LogP contribution is -2.46. The molecule has 2 saturated carbocycles. The molecule has 0 N–H and O–H groups in total. The number of rotatable bonds is 2. The monoisotopic (exact) mass is 324 g/mol. The van der Waals surface area contributed by atoms with Crippen LogP contribution >= 0.6 is 0 Å². The zero-order chi connectivity index (χ0) is 16.0. The zero-order valence-corrected chi connectivity index (χ0v) is 13.3. The summed E-state index contributed by atoms with van der Waals surface area (Å²) in [6.45, 7) is 0. The summed E-state index contributed by atoms with van der Waals surface area (Å²) in [5, 5.41) is 0. The Bertz CT molecular complexity index is 704. The second-order valence-corrected chi connectivity index (χ2v) is 6.96. The minimum Gasteiger partial charge on any atom is -0.226 e. The molecule has 2 aromatic rings. The Labute approximate surface area is 141 Å². The molecular formula is C20H20O4. The molecule has 2 bridgehead atoms. The third kappa shape index (κ3) is 2.07. The summed E-state index contributed by atoms with van der Waals surface area (Å²) in [5.74, 6) is 0.848. The molecule has 4 heteroatoms. The fourth-order valence-electron chi connectivity index (χ4n) is 4.65. The fourth-order valence-corrected chi connectivity index (χ4v) is 4.65. The Balaban J connectivity index is 1.52. The molecular weight excluding hydrogens is 304 g/mol. The van der Waals surface area contributed by atoms with Gasteiger partial charge in [0.25, 0.3) is 0 Å². The van der Waals surface area contributed by atoms with Crippen molar-refractivity contribution in [2.24, 2.45) is 11.8 Å². The molecule has 2 aromatic carbocycles. The Hall–Kier alpha value is -1.72. The Morgan fingerprint density at radius 3 is 2.33 bits per heavy atom. The average molecular weight is 324 g/mol. The van der Waals surface area contributed by atoms with Gasteiger partial charge in [-0.3, -0.25) is 0 Å². The third-order valence-corrected chi connectivity index (χ3v) is 5.75. The first-order valence-electron chi connectivity index (χ1n) is 8.65. The number of benzene rings is 2. The highest BCUT2D eigenvalue weighted by atomic mass is 17.3. The van der Waals surface area contributed by atoms with Crippen LogP contribution in [0.15, 0.2) is 60.7 Å². The van der Waals surface area contributed by atoms with E-state index in [-0.39, 0.29) is 6.10 Å². The van der Waals surface area contributed by atoms with Crippen LogP contribution in [-0.4, -0.2) is 6.10 Å². The molecule has 1 saturated heterocycles. The minimum absolute atomic E-state index is 0.132. The van der Waals surface area contributed by atoms with Gasteiger partial charge in [-0.1, -0.05) is 60.7 Å². The summed E-state index contributed by atoms with van der Waals surface area (Å²) >= 11 is 0. The van der Waals surface area contributed by atoms with Gasteiger partial charge in [0, 0.05) is 5.56 Å². The minimum atomic E-state index is -0.670. The highest BCUT2D eigenvalue weighted by Gasteiger charge is 2.64. The molecule has 0 amide bonds. The van der Waals surface area contributed by atoms with Gasteiger partial charge in [0.1, 0.15) is 6.10 Å². The highest BCUT2D eigenvalue weighted by molar-refractivity contribution is 5.29. The SMILES string of the molecule is c1ccc(C2OO[C@@H]3[C@H]4CC[C@H](C4)[C@]3(c3ccccc3)OO2)cc1. The lowest BCUT2D eigenvalue weighted by atomic mass is 9.77. The van der Waals surface area contributed by atoms with Crippen molar-refractivity contribution in [2.45, 2.75) is 37.3 Å². The molecule has 1 heterocycles. The van der Waals surface area contributed by atoms with Crippen molar-refractivity contribution in [3.63, 3.8) is 0 Å². The van der Waals surface area contributed by atoms with Crippen LogP contribution in [0.3, 0.4) is 0 Å². The fraction of sp³-hybridized carbons (Fsp3) is 0.400. The molecule has 1 unspecified atom stereocenters. The Morgan fingerprint density at radius 1 is 0.792 bits per heavy atom. The molecule has 5 atom stereocenters. The molecule has 3 fully saturated rings. The largest absolute Gasteiger partial charge is 0.249 e. The first-order valence-corrected chi connectivity index (χ1v) is 8.65. The van der Waals surface area contributed by atoms with E-state index < -0.39 is 11.9 Å². The molecule has 0 spiro atoms. The van der Waals surface area contributed by atoms with Crippen LogP contribution in [0.2, 0.25) is 0 Å². The number of hydrogen-bond acceptors (Lipinski definition) is 4. The number of fused-ring (bicyclic) bond motifs is 5. The summed E-state index contributed by atoms with van der Waals surface area (Å²) in [6.07, 6.45) is 2.59. The normalized spacial score (nSPS) is 37.8. The van der Waals surface area contributed by atoms with Gasteiger partial charge in [0.2, 0.25) is 6.29 Å². The maximum Gasteiger partial charge on any atom is 0.249 e. The van der Waals surface area contributed by atoms with E-state index in [1.165, 1.54) is 0 Å². The van der Waals surface area contributed by atoms with E-state index in [4.69, 9.17) is 19.6 Å². The second kappa shape index (κ2) is 5.67. The predicted molar refractivity (Wildman–Crippen MR) is 86.3 cm³/mol. The van der Waals surface area contributed by atoms with E-state index in [9.17, 15) is 0 Å². The van der Waals surface area contributed by atoms with Gasteiger partial charge >= 0.3 is 0 Å². The smallest absolute Gasteiger partial charge is 0.226 e. The van der Waals surface area contributed by atoms with Crippen molar-refractivity contribution in [1.82, 2.24) is 0 Å². The van der Waals surface area contributed by atoms with E-state index in [0.29, 0.717) is 11.8 Å². The van der Waals surface area contributed by atoms with Crippen LogP contribution in [-0.2, 0) is 25.2 Å². The van der Waals surface area contributed by atoms with Crippen molar-refractivity contribution >= 4 is 0 Å². The Kier molecular flexibility index (Phi) is 3.45. The summed E-state index contributed by atoms with van der Waals surface area (Å²) in [5.41, 5.74) is 1.42. The van der Waals surface area contributed by atoms with Gasteiger partial charge in [-0.2, -0.15) is 9.78 Å². The molecule has 4 nitrogen and oxygen atoms in total. The molecule has 0 aromatic heterocycles. The topological polar surface area (TPSA) is 36.9 Å². The van der Waals surface area contributed by atoms with Gasteiger partial charge in [-0.15, -0.1) is 0 Å². The maximum absolute atomic E-state index is 6.15. The van der Waals surface area contributed by atoms with Crippen LogP contribution in [0.5, 0.6) is 0 Å². The van der Waals surface area contributed by atoms with Gasteiger partial charge in [0.05, 0.1) is 0 Å². The lowest BCUT2D eigenvalue weighted by molar-refractivity contribution is -0.450. The van der Waals surface area contributed by atoms with Crippen LogP contribution in [0, 0.1) is 11.8 Å². The van der Waals surface area contributed by atoms with Crippen molar-refractivity contribution in [3.05, 3.63) is 71.8 Å². The maximum atomic E-state index is 6.15. The predicted octanol–water partition coefficient (Wildman–Crippen LogP) is 4.29. The average Bonchev–Trinajstić information content (AvgIpc) is 3.18. The summed E-state index contributed by atoms with van der Waals surface area (Å²) in [7, 11) is 0. The van der Waals surface area contributed by atoms with E-state index in [2.05, 4.69) is 12.1 Å². The summed E-state index contributed by atoms with van der Waals surface area (Å²) in [4.78, 5) is 23.5. The molecule has 2 aliphatic carbocycles. The molecule has 1 aliphatic heterocycles. The van der Waals surface area contributed by atoms with Gasteiger partial charge in [-0.25, -0.2) is 9.78 Å². The van der Waals surface area contributed by atoms with Crippen molar-refractivity contribution < 1.29 is 19.6 Å². The molecule has 24 heavy (non-hydrogen) atoms.